The lowest BCUT2D eigenvalue weighted by Crippen LogP contribution is -2.54. The molecular weight excluding hydrogens is 332 g/mol. The number of benzene rings is 1. The Labute approximate surface area is 151 Å². The highest BCUT2D eigenvalue weighted by atomic mass is 16.3. The van der Waals surface area contributed by atoms with Crippen LogP contribution in [0.3, 0.4) is 0 Å². The highest BCUT2D eigenvalue weighted by molar-refractivity contribution is 5.91. The molecular formula is C19H22N4O3. The van der Waals surface area contributed by atoms with Crippen LogP contribution in [0, 0.1) is 0 Å². The van der Waals surface area contributed by atoms with Gasteiger partial charge in [0.15, 0.2) is 5.76 Å². The Balaban J connectivity index is 1.31. The van der Waals surface area contributed by atoms with E-state index in [1.54, 1.807) is 17.0 Å². The summed E-state index contributed by atoms with van der Waals surface area (Å²) >= 11 is 0. The summed E-state index contributed by atoms with van der Waals surface area (Å²) in [5.74, 6) is 0.310. The van der Waals surface area contributed by atoms with E-state index in [0.29, 0.717) is 38.4 Å². The van der Waals surface area contributed by atoms with E-state index in [-0.39, 0.29) is 23.9 Å². The highest BCUT2D eigenvalue weighted by Crippen LogP contribution is 2.23. The van der Waals surface area contributed by atoms with Gasteiger partial charge in [0, 0.05) is 32.2 Å². The number of rotatable bonds is 3. The van der Waals surface area contributed by atoms with E-state index >= 15 is 0 Å². The van der Waals surface area contributed by atoms with Crippen molar-refractivity contribution in [3.63, 3.8) is 0 Å². The van der Waals surface area contributed by atoms with Gasteiger partial charge in [0.05, 0.1) is 6.26 Å². The largest absolute Gasteiger partial charge is 0.459 e. The maximum absolute atomic E-state index is 12.8. The summed E-state index contributed by atoms with van der Waals surface area (Å²) in [5.41, 5.74) is 7.51. The van der Waals surface area contributed by atoms with E-state index in [2.05, 4.69) is 23.0 Å². The number of carbonyl (C=O) groups is 2. The summed E-state index contributed by atoms with van der Waals surface area (Å²) in [6, 6.07) is 13.4. The third kappa shape index (κ3) is 3.36. The number of carbonyl (C=O) groups excluding carboxylic acids is 2. The van der Waals surface area contributed by atoms with E-state index in [1.165, 1.54) is 11.8 Å². The summed E-state index contributed by atoms with van der Waals surface area (Å²) < 4.78 is 5.17. The first-order chi connectivity index (χ1) is 12.7. The molecule has 2 aliphatic rings. The summed E-state index contributed by atoms with van der Waals surface area (Å²) in [5, 5.41) is 0. The van der Waals surface area contributed by atoms with Crippen LogP contribution < -0.4 is 10.9 Å². The number of furan rings is 1. The number of hydrazine groups is 1. The number of amides is 2. The van der Waals surface area contributed by atoms with Crippen molar-refractivity contribution in [1.29, 1.82) is 0 Å². The molecule has 4 rings (SSSR count). The first-order valence-electron chi connectivity index (χ1n) is 8.90. The molecule has 0 radical (unpaired) electrons. The highest BCUT2D eigenvalue weighted by Gasteiger charge is 2.34. The Hall–Kier alpha value is -2.64. The van der Waals surface area contributed by atoms with Crippen LogP contribution in [0.4, 0.5) is 0 Å². The van der Waals surface area contributed by atoms with Crippen LogP contribution in [0.1, 0.15) is 28.6 Å². The van der Waals surface area contributed by atoms with Gasteiger partial charge in [0.1, 0.15) is 6.04 Å². The quantitative estimate of drug-likeness (QED) is 0.865. The fourth-order valence-electron chi connectivity index (χ4n) is 3.53. The second kappa shape index (κ2) is 7.31. The number of hydrogen-bond donors (Lipinski definition) is 2. The van der Waals surface area contributed by atoms with Crippen molar-refractivity contribution < 1.29 is 14.0 Å². The van der Waals surface area contributed by atoms with Crippen molar-refractivity contribution in [3.8, 4) is 0 Å². The maximum Gasteiger partial charge on any atom is 0.289 e. The van der Waals surface area contributed by atoms with Gasteiger partial charge in [-0.15, -0.1) is 0 Å². The number of nitrogens with zero attached hydrogens (tertiary/aromatic N) is 2. The van der Waals surface area contributed by atoms with Crippen molar-refractivity contribution in [3.05, 3.63) is 60.1 Å². The van der Waals surface area contributed by atoms with E-state index in [1.807, 2.05) is 23.1 Å². The SMILES string of the molecule is O=C(c1ccco1)N1CCN(C(=O)C2CC(c3ccccc3)NN2)CC1. The fraction of sp³-hybridized carbons (Fsp3) is 0.368. The van der Waals surface area contributed by atoms with Gasteiger partial charge in [-0.1, -0.05) is 30.3 Å². The number of nitrogens with one attached hydrogen (secondary N) is 2. The first-order valence-corrected chi connectivity index (χ1v) is 8.90. The van der Waals surface area contributed by atoms with Crippen molar-refractivity contribution in [1.82, 2.24) is 20.7 Å². The van der Waals surface area contributed by atoms with Crippen molar-refractivity contribution >= 4 is 11.8 Å². The lowest BCUT2D eigenvalue weighted by atomic mass is 10.0. The van der Waals surface area contributed by atoms with Gasteiger partial charge >= 0.3 is 0 Å². The van der Waals surface area contributed by atoms with Crippen LogP contribution in [0.15, 0.2) is 53.1 Å². The zero-order chi connectivity index (χ0) is 17.9. The van der Waals surface area contributed by atoms with E-state index in [4.69, 9.17) is 4.42 Å². The summed E-state index contributed by atoms with van der Waals surface area (Å²) in [6.07, 6.45) is 2.21. The third-order valence-electron chi connectivity index (χ3n) is 5.01. The Morgan fingerprint density at radius 2 is 1.65 bits per heavy atom. The van der Waals surface area contributed by atoms with Crippen molar-refractivity contribution in [2.45, 2.75) is 18.5 Å². The van der Waals surface area contributed by atoms with Crippen molar-refractivity contribution in [2.75, 3.05) is 26.2 Å². The molecule has 0 bridgehead atoms. The van der Waals surface area contributed by atoms with E-state index < -0.39 is 0 Å². The molecule has 0 saturated carbocycles. The molecule has 7 nitrogen and oxygen atoms in total. The second-order valence-electron chi connectivity index (χ2n) is 6.64. The molecule has 7 heteroatoms. The van der Waals surface area contributed by atoms with Gasteiger partial charge in [-0.05, 0) is 24.1 Å². The molecule has 2 saturated heterocycles. The minimum atomic E-state index is -0.243. The first kappa shape index (κ1) is 16.8. The lowest BCUT2D eigenvalue weighted by molar-refractivity contribution is -0.134. The van der Waals surface area contributed by atoms with Gasteiger partial charge in [0.2, 0.25) is 5.91 Å². The molecule has 2 N–H and O–H groups in total. The fourth-order valence-corrected chi connectivity index (χ4v) is 3.53. The molecule has 3 heterocycles. The molecule has 2 fully saturated rings. The molecule has 1 aromatic carbocycles. The maximum atomic E-state index is 12.8. The van der Waals surface area contributed by atoms with Gasteiger partial charge < -0.3 is 14.2 Å². The molecule has 2 atom stereocenters. The van der Waals surface area contributed by atoms with E-state index in [0.717, 1.165) is 0 Å². The zero-order valence-electron chi connectivity index (χ0n) is 14.4. The molecule has 2 unspecified atom stereocenters. The Bertz CT molecular complexity index is 754. The molecule has 2 amide bonds. The van der Waals surface area contributed by atoms with Gasteiger partial charge in [-0.3, -0.25) is 9.59 Å². The van der Waals surface area contributed by atoms with Gasteiger partial charge in [0.25, 0.3) is 5.91 Å². The van der Waals surface area contributed by atoms with E-state index in [9.17, 15) is 9.59 Å². The standard InChI is InChI=1S/C19H22N4O3/c24-18(16-13-15(20-21-16)14-5-2-1-3-6-14)22-8-10-23(11-9-22)19(25)17-7-4-12-26-17/h1-7,12,15-16,20-21H,8-11,13H2. The van der Waals surface area contributed by atoms with Crippen molar-refractivity contribution in [2.24, 2.45) is 0 Å². The molecule has 1 aromatic heterocycles. The summed E-state index contributed by atoms with van der Waals surface area (Å²) in [6.45, 7) is 2.13. The number of hydrogen-bond acceptors (Lipinski definition) is 5. The van der Waals surface area contributed by atoms with Crippen LogP contribution in [-0.4, -0.2) is 53.8 Å². The summed E-state index contributed by atoms with van der Waals surface area (Å²) in [7, 11) is 0. The minimum Gasteiger partial charge on any atom is -0.459 e. The Kier molecular flexibility index (Phi) is 4.73. The van der Waals surface area contributed by atoms with Gasteiger partial charge in [-0.2, -0.15) is 0 Å². The number of piperazine rings is 1. The predicted molar refractivity (Wildman–Crippen MR) is 95.1 cm³/mol. The monoisotopic (exact) mass is 354 g/mol. The molecule has 0 spiro atoms. The van der Waals surface area contributed by atoms with Crippen LogP contribution in [0.5, 0.6) is 0 Å². The Morgan fingerprint density at radius 3 is 2.35 bits per heavy atom. The predicted octanol–water partition coefficient (Wildman–Crippen LogP) is 1.17. The average molecular weight is 354 g/mol. The van der Waals surface area contributed by atoms with Crippen LogP contribution in [0.2, 0.25) is 0 Å². The molecule has 2 aromatic rings. The normalized spacial score (nSPS) is 23.2. The summed E-state index contributed by atoms with van der Waals surface area (Å²) in [4.78, 5) is 28.6. The van der Waals surface area contributed by atoms with Gasteiger partial charge in [-0.25, -0.2) is 10.9 Å². The molecule has 136 valence electrons. The smallest absolute Gasteiger partial charge is 0.289 e. The third-order valence-corrected chi connectivity index (χ3v) is 5.01. The minimum absolute atomic E-state index is 0.0843. The Morgan fingerprint density at radius 1 is 0.923 bits per heavy atom. The topological polar surface area (TPSA) is 77.8 Å². The zero-order valence-corrected chi connectivity index (χ0v) is 14.4. The van der Waals surface area contributed by atoms with Crippen LogP contribution in [-0.2, 0) is 4.79 Å². The molecule has 2 aliphatic heterocycles. The second-order valence-corrected chi connectivity index (χ2v) is 6.64. The van der Waals surface area contributed by atoms with Crippen LogP contribution in [0.25, 0.3) is 0 Å². The molecule has 0 aliphatic carbocycles. The lowest BCUT2D eigenvalue weighted by Gasteiger charge is -2.35. The molecule has 26 heavy (non-hydrogen) atoms. The average Bonchev–Trinajstić information content (AvgIpc) is 3.40. The van der Waals surface area contributed by atoms with Crippen LogP contribution >= 0.6 is 0 Å².